The van der Waals surface area contributed by atoms with Crippen LogP contribution in [-0.2, 0) is 6.61 Å². The Morgan fingerprint density at radius 2 is 1.86 bits per heavy atom. The second-order valence-electron chi connectivity index (χ2n) is 3.06. The Kier molecular flexibility index (Phi) is 2.64. The van der Waals surface area contributed by atoms with E-state index in [4.69, 9.17) is 28.3 Å². The summed E-state index contributed by atoms with van der Waals surface area (Å²) >= 11 is 11.9. The van der Waals surface area contributed by atoms with Crippen LogP contribution in [0, 0.1) is 0 Å². The molecule has 0 fully saturated rings. The van der Waals surface area contributed by atoms with Crippen molar-refractivity contribution in [3.63, 3.8) is 0 Å². The number of rotatable bonds is 1. The van der Waals surface area contributed by atoms with Gasteiger partial charge in [0.2, 0.25) is 0 Å². The van der Waals surface area contributed by atoms with Crippen molar-refractivity contribution >= 4 is 34.0 Å². The maximum absolute atomic E-state index is 9.02. The standard InChI is InChI=1S/C11H8Cl2O/c12-9-3-4-10-7(5-9)1-2-8(6-14)11(10)13/h1-5,14H,6H2. The Labute approximate surface area is 91.9 Å². The van der Waals surface area contributed by atoms with Crippen LogP contribution in [0.4, 0.5) is 0 Å². The molecule has 0 saturated carbocycles. The van der Waals surface area contributed by atoms with Gasteiger partial charge in [-0.3, -0.25) is 0 Å². The third-order valence-electron chi connectivity index (χ3n) is 2.17. The largest absolute Gasteiger partial charge is 0.392 e. The molecule has 2 aromatic carbocycles. The highest BCUT2D eigenvalue weighted by atomic mass is 35.5. The molecule has 0 atom stereocenters. The van der Waals surface area contributed by atoms with E-state index in [1.807, 2.05) is 18.2 Å². The van der Waals surface area contributed by atoms with Crippen LogP contribution in [-0.4, -0.2) is 5.11 Å². The van der Waals surface area contributed by atoms with Crippen molar-refractivity contribution in [2.75, 3.05) is 0 Å². The molecule has 0 heterocycles. The average Bonchev–Trinajstić information content (AvgIpc) is 2.18. The van der Waals surface area contributed by atoms with Crippen LogP contribution in [0.5, 0.6) is 0 Å². The summed E-state index contributed by atoms with van der Waals surface area (Å²) in [6, 6.07) is 9.21. The van der Waals surface area contributed by atoms with E-state index in [1.54, 1.807) is 12.1 Å². The molecule has 1 nitrogen and oxygen atoms in total. The minimum Gasteiger partial charge on any atom is -0.392 e. The summed E-state index contributed by atoms with van der Waals surface area (Å²) in [6.07, 6.45) is 0. The molecule has 72 valence electrons. The van der Waals surface area contributed by atoms with Crippen LogP contribution in [0.15, 0.2) is 30.3 Å². The first kappa shape index (κ1) is 9.78. The van der Waals surface area contributed by atoms with Crippen molar-refractivity contribution in [1.29, 1.82) is 0 Å². The minimum atomic E-state index is -0.0442. The SMILES string of the molecule is OCc1ccc2cc(Cl)ccc2c1Cl. The van der Waals surface area contributed by atoms with Gasteiger partial charge < -0.3 is 5.11 Å². The fourth-order valence-corrected chi connectivity index (χ4v) is 1.91. The van der Waals surface area contributed by atoms with Gasteiger partial charge in [0.1, 0.15) is 0 Å². The number of aliphatic hydroxyl groups excluding tert-OH is 1. The molecule has 0 unspecified atom stereocenters. The highest BCUT2D eigenvalue weighted by Crippen LogP contribution is 2.29. The molecule has 2 aromatic rings. The van der Waals surface area contributed by atoms with Crippen molar-refractivity contribution in [3.05, 3.63) is 45.9 Å². The van der Waals surface area contributed by atoms with E-state index in [1.165, 1.54) is 0 Å². The third kappa shape index (κ3) is 1.59. The molecule has 14 heavy (non-hydrogen) atoms. The van der Waals surface area contributed by atoms with Crippen LogP contribution in [0.25, 0.3) is 10.8 Å². The summed E-state index contributed by atoms with van der Waals surface area (Å²) in [5.74, 6) is 0. The molecule has 0 aliphatic carbocycles. The fraction of sp³-hybridized carbons (Fsp3) is 0.0909. The van der Waals surface area contributed by atoms with Gasteiger partial charge in [-0.25, -0.2) is 0 Å². The molecule has 0 aliphatic rings. The first-order valence-electron chi connectivity index (χ1n) is 4.20. The van der Waals surface area contributed by atoms with Crippen molar-refractivity contribution < 1.29 is 5.11 Å². The van der Waals surface area contributed by atoms with Crippen LogP contribution in [0.2, 0.25) is 10.0 Å². The maximum Gasteiger partial charge on any atom is 0.0696 e. The lowest BCUT2D eigenvalue weighted by molar-refractivity contribution is 0.282. The van der Waals surface area contributed by atoms with Crippen LogP contribution in [0.3, 0.4) is 0 Å². The Balaban J connectivity index is 2.77. The molecule has 0 bridgehead atoms. The summed E-state index contributed by atoms with van der Waals surface area (Å²) in [7, 11) is 0. The number of hydrogen-bond acceptors (Lipinski definition) is 1. The van der Waals surface area contributed by atoms with Crippen LogP contribution < -0.4 is 0 Å². The van der Waals surface area contributed by atoms with Gasteiger partial charge in [0, 0.05) is 10.4 Å². The summed E-state index contributed by atoms with van der Waals surface area (Å²) in [4.78, 5) is 0. The Morgan fingerprint density at radius 1 is 1.07 bits per heavy atom. The van der Waals surface area contributed by atoms with E-state index in [9.17, 15) is 0 Å². The molecular weight excluding hydrogens is 219 g/mol. The topological polar surface area (TPSA) is 20.2 Å². The molecule has 0 saturated heterocycles. The quantitative estimate of drug-likeness (QED) is 0.788. The second-order valence-corrected chi connectivity index (χ2v) is 3.88. The molecule has 3 heteroatoms. The van der Waals surface area contributed by atoms with E-state index in [0.717, 1.165) is 16.3 Å². The summed E-state index contributed by atoms with van der Waals surface area (Å²) in [5.41, 5.74) is 0.737. The van der Waals surface area contributed by atoms with Crippen molar-refractivity contribution in [2.45, 2.75) is 6.61 Å². The lowest BCUT2D eigenvalue weighted by Crippen LogP contribution is -1.85. The van der Waals surface area contributed by atoms with Crippen LogP contribution >= 0.6 is 23.2 Å². The minimum absolute atomic E-state index is 0.0442. The fourth-order valence-electron chi connectivity index (χ4n) is 1.43. The summed E-state index contributed by atoms with van der Waals surface area (Å²) < 4.78 is 0. The highest BCUT2D eigenvalue weighted by molar-refractivity contribution is 6.37. The van der Waals surface area contributed by atoms with Gasteiger partial charge in [-0.05, 0) is 23.1 Å². The summed E-state index contributed by atoms with van der Waals surface area (Å²) in [5, 5.41) is 12.2. The average molecular weight is 227 g/mol. The lowest BCUT2D eigenvalue weighted by Gasteiger charge is -2.05. The van der Waals surface area contributed by atoms with Gasteiger partial charge in [-0.2, -0.15) is 0 Å². The lowest BCUT2D eigenvalue weighted by atomic mass is 10.1. The second kappa shape index (κ2) is 3.77. The maximum atomic E-state index is 9.02. The Hall–Kier alpha value is -0.760. The Morgan fingerprint density at radius 3 is 2.57 bits per heavy atom. The van der Waals surface area contributed by atoms with E-state index in [-0.39, 0.29) is 6.61 Å². The first-order valence-corrected chi connectivity index (χ1v) is 4.95. The van der Waals surface area contributed by atoms with Gasteiger partial charge in [-0.1, -0.05) is 41.4 Å². The number of hydrogen-bond donors (Lipinski definition) is 1. The molecule has 0 aliphatic heterocycles. The van der Waals surface area contributed by atoms with E-state index < -0.39 is 0 Å². The monoisotopic (exact) mass is 226 g/mol. The van der Waals surface area contributed by atoms with Gasteiger partial charge in [-0.15, -0.1) is 0 Å². The number of fused-ring (bicyclic) bond motifs is 1. The molecule has 0 amide bonds. The Bertz CT molecular complexity index is 480. The number of aliphatic hydroxyl groups is 1. The van der Waals surface area contributed by atoms with Crippen molar-refractivity contribution in [3.8, 4) is 0 Å². The molecule has 0 spiro atoms. The van der Waals surface area contributed by atoms with Crippen molar-refractivity contribution in [1.82, 2.24) is 0 Å². The van der Waals surface area contributed by atoms with E-state index in [0.29, 0.717) is 10.0 Å². The van der Waals surface area contributed by atoms with Gasteiger partial charge in [0.15, 0.2) is 0 Å². The zero-order chi connectivity index (χ0) is 10.1. The first-order chi connectivity index (χ1) is 6.72. The normalized spacial score (nSPS) is 10.8. The third-order valence-corrected chi connectivity index (χ3v) is 2.85. The molecule has 0 radical (unpaired) electrons. The molecule has 0 aromatic heterocycles. The zero-order valence-electron chi connectivity index (χ0n) is 7.30. The van der Waals surface area contributed by atoms with Crippen LogP contribution in [0.1, 0.15) is 5.56 Å². The van der Waals surface area contributed by atoms with Crippen molar-refractivity contribution in [2.24, 2.45) is 0 Å². The predicted molar refractivity (Wildman–Crippen MR) is 59.9 cm³/mol. The molecule has 2 rings (SSSR count). The van der Waals surface area contributed by atoms with E-state index >= 15 is 0 Å². The summed E-state index contributed by atoms with van der Waals surface area (Å²) in [6.45, 7) is -0.0442. The van der Waals surface area contributed by atoms with E-state index in [2.05, 4.69) is 0 Å². The number of benzene rings is 2. The zero-order valence-corrected chi connectivity index (χ0v) is 8.81. The molecular formula is C11H8Cl2O. The molecule has 1 N–H and O–H groups in total. The predicted octanol–water partition coefficient (Wildman–Crippen LogP) is 3.64. The van der Waals surface area contributed by atoms with Gasteiger partial charge in [0.05, 0.1) is 11.6 Å². The van der Waals surface area contributed by atoms with Gasteiger partial charge >= 0.3 is 0 Å². The highest BCUT2D eigenvalue weighted by Gasteiger charge is 2.04. The van der Waals surface area contributed by atoms with Gasteiger partial charge in [0.25, 0.3) is 0 Å². The smallest absolute Gasteiger partial charge is 0.0696 e. The number of halogens is 2.